The fraction of sp³-hybridized carbons (Fsp3) is 0.400. The van der Waals surface area contributed by atoms with Crippen molar-refractivity contribution in [2.24, 2.45) is 5.73 Å². The summed E-state index contributed by atoms with van der Waals surface area (Å²) in [6, 6.07) is 2.14. The number of nitrogens with two attached hydrogens (primary N) is 1. The van der Waals surface area contributed by atoms with Gasteiger partial charge in [0.1, 0.15) is 11.6 Å². The molecule has 2 N–H and O–H groups in total. The van der Waals surface area contributed by atoms with E-state index in [1.807, 2.05) is 0 Å². The smallest absolute Gasteiger partial charge is 0.145 e. The highest BCUT2D eigenvalue weighted by molar-refractivity contribution is 6.30. The van der Waals surface area contributed by atoms with E-state index >= 15 is 0 Å². The van der Waals surface area contributed by atoms with Gasteiger partial charge in [0.15, 0.2) is 0 Å². The molecule has 0 aliphatic carbocycles. The average molecular weight is 220 g/mol. The van der Waals surface area contributed by atoms with Gasteiger partial charge in [-0.1, -0.05) is 18.5 Å². The Balaban J connectivity index is 3.07. The molecule has 0 saturated heterocycles. The standard InChI is InChI=1S/C10H12ClF2N/c1-6(2-3-14)8-4-7(12)5-9(11)10(8)13/h4-6H,2-3,14H2,1H3. The molecule has 0 aliphatic heterocycles. The van der Waals surface area contributed by atoms with Gasteiger partial charge >= 0.3 is 0 Å². The summed E-state index contributed by atoms with van der Waals surface area (Å²) in [6.07, 6.45) is 0.608. The second kappa shape index (κ2) is 4.71. The van der Waals surface area contributed by atoms with Crippen molar-refractivity contribution < 1.29 is 8.78 Å². The first-order valence-electron chi connectivity index (χ1n) is 4.40. The Bertz CT molecular complexity index is 328. The van der Waals surface area contributed by atoms with Crippen LogP contribution in [-0.4, -0.2) is 6.54 Å². The quantitative estimate of drug-likeness (QED) is 0.777. The van der Waals surface area contributed by atoms with Crippen LogP contribution in [0.1, 0.15) is 24.8 Å². The molecule has 1 rings (SSSR count). The molecule has 1 aromatic carbocycles. The lowest BCUT2D eigenvalue weighted by molar-refractivity contribution is 0.559. The zero-order chi connectivity index (χ0) is 10.7. The van der Waals surface area contributed by atoms with Crippen molar-refractivity contribution in [3.05, 3.63) is 34.4 Å². The summed E-state index contributed by atoms with van der Waals surface area (Å²) >= 11 is 5.52. The van der Waals surface area contributed by atoms with E-state index in [2.05, 4.69) is 0 Å². The Morgan fingerprint density at radius 3 is 2.64 bits per heavy atom. The van der Waals surface area contributed by atoms with E-state index in [1.165, 1.54) is 6.07 Å². The van der Waals surface area contributed by atoms with Crippen LogP contribution < -0.4 is 5.73 Å². The zero-order valence-corrected chi connectivity index (χ0v) is 8.61. The fourth-order valence-electron chi connectivity index (χ4n) is 1.34. The number of halogens is 3. The molecule has 14 heavy (non-hydrogen) atoms. The van der Waals surface area contributed by atoms with Crippen LogP contribution in [0.4, 0.5) is 8.78 Å². The van der Waals surface area contributed by atoms with Crippen LogP contribution in [0.2, 0.25) is 5.02 Å². The molecule has 0 spiro atoms. The Labute approximate surface area is 86.9 Å². The third-order valence-electron chi connectivity index (χ3n) is 2.15. The van der Waals surface area contributed by atoms with E-state index in [0.717, 1.165) is 6.07 Å². The first-order valence-corrected chi connectivity index (χ1v) is 4.78. The van der Waals surface area contributed by atoms with Crippen molar-refractivity contribution in [2.75, 3.05) is 6.54 Å². The van der Waals surface area contributed by atoms with Crippen molar-refractivity contribution >= 4 is 11.6 Å². The normalized spacial score (nSPS) is 12.9. The molecule has 0 amide bonds. The minimum Gasteiger partial charge on any atom is -0.330 e. The monoisotopic (exact) mass is 219 g/mol. The molecular weight excluding hydrogens is 208 g/mol. The predicted octanol–water partition coefficient (Wildman–Crippen LogP) is 3.07. The minimum atomic E-state index is -0.547. The molecule has 78 valence electrons. The summed E-state index contributed by atoms with van der Waals surface area (Å²) in [7, 11) is 0. The summed E-state index contributed by atoms with van der Waals surface area (Å²) in [5.41, 5.74) is 5.64. The van der Waals surface area contributed by atoms with Gasteiger partial charge in [-0.05, 0) is 36.6 Å². The van der Waals surface area contributed by atoms with Crippen LogP contribution in [0, 0.1) is 11.6 Å². The van der Waals surface area contributed by atoms with Crippen molar-refractivity contribution in [2.45, 2.75) is 19.3 Å². The molecular formula is C10H12ClF2N. The predicted molar refractivity (Wildman–Crippen MR) is 53.5 cm³/mol. The molecule has 1 unspecified atom stereocenters. The highest BCUT2D eigenvalue weighted by atomic mass is 35.5. The van der Waals surface area contributed by atoms with Gasteiger partial charge in [0.2, 0.25) is 0 Å². The number of hydrogen-bond acceptors (Lipinski definition) is 1. The number of benzene rings is 1. The van der Waals surface area contributed by atoms with Crippen molar-refractivity contribution in [1.82, 2.24) is 0 Å². The Kier molecular flexibility index (Phi) is 3.84. The highest BCUT2D eigenvalue weighted by Gasteiger charge is 2.14. The molecule has 0 aliphatic rings. The van der Waals surface area contributed by atoms with Crippen molar-refractivity contribution in [1.29, 1.82) is 0 Å². The van der Waals surface area contributed by atoms with E-state index in [1.54, 1.807) is 6.92 Å². The van der Waals surface area contributed by atoms with Gasteiger partial charge in [-0.15, -0.1) is 0 Å². The largest absolute Gasteiger partial charge is 0.330 e. The van der Waals surface area contributed by atoms with Gasteiger partial charge in [-0.25, -0.2) is 8.78 Å². The van der Waals surface area contributed by atoms with Crippen LogP contribution in [0.15, 0.2) is 12.1 Å². The van der Waals surface area contributed by atoms with E-state index in [0.29, 0.717) is 18.5 Å². The van der Waals surface area contributed by atoms with Crippen LogP contribution >= 0.6 is 11.6 Å². The molecule has 1 nitrogen and oxygen atoms in total. The molecule has 0 aromatic heterocycles. The molecule has 4 heteroatoms. The molecule has 1 atom stereocenters. The molecule has 0 heterocycles. The lowest BCUT2D eigenvalue weighted by Gasteiger charge is -2.12. The van der Waals surface area contributed by atoms with E-state index in [9.17, 15) is 8.78 Å². The maximum atomic E-state index is 13.4. The van der Waals surface area contributed by atoms with Gasteiger partial charge in [0.05, 0.1) is 5.02 Å². The summed E-state index contributed by atoms with van der Waals surface area (Å²) < 4.78 is 26.3. The Morgan fingerprint density at radius 2 is 2.07 bits per heavy atom. The first kappa shape index (κ1) is 11.4. The topological polar surface area (TPSA) is 26.0 Å². The van der Waals surface area contributed by atoms with Gasteiger partial charge < -0.3 is 5.73 Å². The number of hydrogen-bond donors (Lipinski definition) is 1. The van der Waals surface area contributed by atoms with Gasteiger partial charge in [0.25, 0.3) is 0 Å². The maximum Gasteiger partial charge on any atom is 0.145 e. The van der Waals surface area contributed by atoms with E-state index in [4.69, 9.17) is 17.3 Å². The van der Waals surface area contributed by atoms with E-state index < -0.39 is 11.6 Å². The SMILES string of the molecule is CC(CCN)c1cc(F)cc(Cl)c1F. The molecule has 0 radical (unpaired) electrons. The third kappa shape index (κ3) is 2.42. The zero-order valence-electron chi connectivity index (χ0n) is 7.86. The van der Waals surface area contributed by atoms with Gasteiger partial charge in [-0.2, -0.15) is 0 Å². The number of rotatable bonds is 3. The Hall–Kier alpha value is -0.670. The lowest BCUT2D eigenvalue weighted by Crippen LogP contribution is -2.06. The minimum absolute atomic E-state index is 0.117. The van der Waals surface area contributed by atoms with E-state index in [-0.39, 0.29) is 10.9 Å². The van der Waals surface area contributed by atoms with Crippen molar-refractivity contribution in [3.8, 4) is 0 Å². The molecule has 1 aromatic rings. The average Bonchev–Trinajstić information content (AvgIpc) is 2.11. The molecule has 0 saturated carbocycles. The van der Waals surface area contributed by atoms with Crippen LogP contribution in [-0.2, 0) is 0 Å². The van der Waals surface area contributed by atoms with Gasteiger partial charge in [0, 0.05) is 0 Å². The van der Waals surface area contributed by atoms with Crippen molar-refractivity contribution in [3.63, 3.8) is 0 Å². The second-order valence-corrected chi connectivity index (χ2v) is 3.68. The van der Waals surface area contributed by atoms with Crippen LogP contribution in [0.5, 0.6) is 0 Å². The summed E-state index contributed by atoms with van der Waals surface area (Å²) in [5.74, 6) is -1.18. The lowest BCUT2D eigenvalue weighted by atomic mass is 9.97. The molecule has 0 bridgehead atoms. The summed E-state index contributed by atoms with van der Waals surface area (Å²) in [6.45, 7) is 2.23. The second-order valence-electron chi connectivity index (χ2n) is 3.27. The first-order chi connectivity index (χ1) is 6.56. The fourth-order valence-corrected chi connectivity index (χ4v) is 1.55. The van der Waals surface area contributed by atoms with Crippen LogP contribution in [0.25, 0.3) is 0 Å². The summed E-state index contributed by atoms with van der Waals surface area (Å²) in [5, 5.41) is -0.177. The highest BCUT2D eigenvalue weighted by Crippen LogP contribution is 2.27. The Morgan fingerprint density at radius 1 is 1.43 bits per heavy atom. The maximum absolute atomic E-state index is 13.4. The third-order valence-corrected chi connectivity index (χ3v) is 2.43. The summed E-state index contributed by atoms with van der Waals surface area (Å²) in [4.78, 5) is 0. The van der Waals surface area contributed by atoms with Crippen LogP contribution in [0.3, 0.4) is 0 Å². The van der Waals surface area contributed by atoms with Gasteiger partial charge in [-0.3, -0.25) is 0 Å². The molecule has 0 fully saturated rings.